The van der Waals surface area contributed by atoms with E-state index in [-0.39, 0.29) is 11.7 Å². The first-order valence-corrected chi connectivity index (χ1v) is 6.23. The predicted octanol–water partition coefficient (Wildman–Crippen LogP) is 1.84. The van der Waals surface area contributed by atoms with Crippen molar-refractivity contribution in [1.82, 2.24) is 4.90 Å². The lowest BCUT2D eigenvalue weighted by Crippen LogP contribution is -2.33. The summed E-state index contributed by atoms with van der Waals surface area (Å²) < 4.78 is 0. The molecule has 1 aromatic rings. The molecule has 0 unspecified atom stereocenters. The van der Waals surface area contributed by atoms with Crippen LogP contribution in [0.3, 0.4) is 0 Å². The molecule has 0 aliphatic heterocycles. The van der Waals surface area contributed by atoms with Gasteiger partial charge < -0.3 is 15.7 Å². The average molecular weight is 266 g/mol. The van der Waals surface area contributed by atoms with Crippen LogP contribution < -0.4 is 5.73 Å². The maximum atomic E-state index is 12.2. The Hall–Kier alpha value is -1.62. The monoisotopic (exact) mass is 266 g/mol. The number of aromatic hydroxyl groups is 1. The van der Waals surface area contributed by atoms with Crippen LogP contribution >= 0.6 is 12.2 Å². The molecular formula is C13H18N2O2S. The van der Waals surface area contributed by atoms with Gasteiger partial charge in [0, 0.05) is 25.1 Å². The van der Waals surface area contributed by atoms with Crippen molar-refractivity contribution in [3.63, 3.8) is 0 Å². The van der Waals surface area contributed by atoms with Gasteiger partial charge in [-0.05, 0) is 37.6 Å². The van der Waals surface area contributed by atoms with Gasteiger partial charge in [-0.15, -0.1) is 0 Å². The minimum Gasteiger partial charge on any atom is -0.508 e. The summed E-state index contributed by atoms with van der Waals surface area (Å²) in [5.74, 6) is 0.120. The van der Waals surface area contributed by atoms with Crippen molar-refractivity contribution < 1.29 is 9.90 Å². The van der Waals surface area contributed by atoms with Crippen LogP contribution in [-0.2, 0) is 0 Å². The number of phenolic OH excluding ortho intramolecular Hbond substituents is 1. The Balaban J connectivity index is 2.82. The lowest BCUT2D eigenvalue weighted by Gasteiger charge is -2.21. The second-order valence-corrected chi connectivity index (χ2v) is 4.63. The summed E-state index contributed by atoms with van der Waals surface area (Å²) in [5, 5.41) is 9.44. The van der Waals surface area contributed by atoms with E-state index in [2.05, 4.69) is 0 Å². The minimum absolute atomic E-state index is 0.0724. The summed E-state index contributed by atoms with van der Waals surface area (Å²) in [6.45, 7) is 4.79. The molecule has 1 amide bonds. The first kappa shape index (κ1) is 14.4. The number of rotatable bonds is 5. The lowest BCUT2D eigenvalue weighted by molar-refractivity contribution is 0.0769. The molecule has 98 valence electrons. The van der Waals surface area contributed by atoms with E-state index in [1.165, 1.54) is 6.07 Å². The molecule has 0 fully saturated rings. The number of aryl methyl sites for hydroxylation is 1. The Morgan fingerprint density at radius 3 is 2.67 bits per heavy atom. The molecule has 0 aliphatic rings. The summed E-state index contributed by atoms with van der Waals surface area (Å²) in [6.07, 6.45) is 0.520. The van der Waals surface area contributed by atoms with Crippen LogP contribution in [-0.4, -0.2) is 34.0 Å². The summed E-state index contributed by atoms with van der Waals surface area (Å²) in [4.78, 5) is 14.3. The van der Waals surface area contributed by atoms with E-state index in [0.717, 1.165) is 0 Å². The third-order valence-corrected chi connectivity index (χ3v) is 2.94. The number of hydrogen-bond acceptors (Lipinski definition) is 3. The van der Waals surface area contributed by atoms with Crippen molar-refractivity contribution in [2.24, 2.45) is 5.73 Å². The molecule has 0 atom stereocenters. The number of nitrogens with two attached hydrogens (primary N) is 1. The summed E-state index contributed by atoms with van der Waals surface area (Å²) in [7, 11) is 0. The SMILES string of the molecule is CCN(CCC(N)=S)C(=O)c1ccc(O)c(C)c1. The van der Waals surface area contributed by atoms with E-state index in [9.17, 15) is 9.90 Å². The van der Waals surface area contributed by atoms with Crippen molar-refractivity contribution >= 4 is 23.1 Å². The van der Waals surface area contributed by atoms with Crippen LogP contribution in [0.25, 0.3) is 0 Å². The molecule has 18 heavy (non-hydrogen) atoms. The fourth-order valence-corrected chi connectivity index (χ4v) is 1.71. The zero-order valence-corrected chi connectivity index (χ0v) is 11.5. The molecule has 1 rings (SSSR count). The van der Waals surface area contributed by atoms with Gasteiger partial charge in [0.2, 0.25) is 0 Å². The fourth-order valence-electron chi connectivity index (χ4n) is 1.62. The van der Waals surface area contributed by atoms with Crippen molar-refractivity contribution in [2.45, 2.75) is 20.3 Å². The van der Waals surface area contributed by atoms with Crippen molar-refractivity contribution in [1.29, 1.82) is 0 Å². The molecule has 5 heteroatoms. The van der Waals surface area contributed by atoms with Crippen LogP contribution in [0.1, 0.15) is 29.3 Å². The average Bonchev–Trinajstić information content (AvgIpc) is 2.32. The smallest absolute Gasteiger partial charge is 0.253 e. The van der Waals surface area contributed by atoms with Gasteiger partial charge in [-0.25, -0.2) is 0 Å². The second kappa shape index (κ2) is 6.35. The van der Waals surface area contributed by atoms with Gasteiger partial charge in [0.15, 0.2) is 0 Å². The molecule has 4 nitrogen and oxygen atoms in total. The molecule has 0 bridgehead atoms. The minimum atomic E-state index is -0.0724. The zero-order valence-electron chi connectivity index (χ0n) is 10.6. The van der Waals surface area contributed by atoms with Gasteiger partial charge in [-0.1, -0.05) is 12.2 Å². The van der Waals surface area contributed by atoms with Crippen molar-refractivity contribution in [2.75, 3.05) is 13.1 Å². The van der Waals surface area contributed by atoms with Crippen molar-refractivity contribution in [3.8, 4) is 5.75 Å². The summed E-state index contributed by atoms with van der Waals surface area (Å²) in [6, 6.07) is 4.83. The fraction of sp³-hybridized carbons (Fsp3) is 0.385. The Bertz CT molecular complexity index is 460. The standard InChI is InChI=1S/C13H18N2O2S/c1-3-15(7-6-12(14)18)13(17)10-4-5-11(16)9(2)8-10/h4-5,8,16H,3,6-7H2,1-2H3,(H2,14,18). The quantitative estimate of drug-likeness (QED) is 0.798. The number of carbonyl (C=O) groups excluding carboxylic acids is 1. The van der Waals surface area contributed by atoms with Crippen LogP contribution in [0.5, 0.6) is 5.75 Å². The van der Waals surface area contributed by atoms with Gasteiger partial charge in [0.05, 0.1) is 4.99 Å². The molecule has 0 saturated carbocycles. The molecule has 0 aromatic heterocycles. The first-order valence-electron chi connectivity index (χ1n) is 5.83. The Kier molecular flexibility index (Phi) is 5.09. The highest BCUT2D eigenvalue weighted by Gasteiger charge is 2.14. The molecule has 3 N–H and O–H groups in total. The number of hydrogen-bond donors (Lipinski definition) is 2. The van der Waals surface area contributed by atoms with E-state index < -0.39 is 0 Å². The molecule has 1 aromatic carbocycles. The van der Waals surface area contributed by atoms with Gasteiger partial charge in [-0.3, -0.25) is 4.79 Å². The molecule has 0 spiro atoms. The summed E-state index contributed by atoms with van der Waals surface area (Å²) in [5.41, 5.74) is 6.69. The predicted molar refractivity (Wildman–Crippen MR) is 75.8 cm³/mol. The number of benzene rings is 1. The van der Waals surface area contributed by atoms with Crippen LogP contribution in [0.4, 0.5) is 0 Å². The van der Waals surface area contributed by atoms with Gasteiger partial charge >= 0.3 is 0 Å². The Morgan fingerprint density at radius 2 is 2.17 bits per heavy atom. The maximum Gasteiger partial charge on any atom is 0.253 e. The highest BCUT2D eigenvalue weighted by Crippen LogP contribution is 2.18. The van der Waals surface area contributed by atoms with E-state index in [1.807, 2.05) is 6.92 Å². The first-order chi connectivity index (χ1) is 8.45. The van der Waals surface area contributed by atoms with E-state index in [4.69, 9.17) is 18.0 Å². The van der Waals surface area contributed by atoms with E-state index in [1.54, 1.807) is 24.0 Å². The normalized spacial score (nSPS) is 10.1. The van der Waals surface area contributed by atoms with Crippen molar-refractivity contribution in [3.05, 3.63) is 29.3 Å². The van der Waals surface area contributed by atoms with Gasteiger partial charge in [0.1, 0.15) is 5.75 Å². The largest absolute Gasteiger partial charge is 0.508 e. The van der Waals surface area contributed by atoms with E-state index >= 15 is 0 Å². The van der Waals surface area contributed by atoms with Gasteiger partial charge in [-0.2, -0.15) is 0 Å². The Labute approximate surface area is 112 Å². The molecule has 0 saturated heterocycles. The van der Waals surface area contributed by atoms with E-state index in [0.29, 0.717) is 35.6 Å². The molecular weight excluding hydrogens is 248 g/mol. The Morgan fingerprint density at radius 1 is 1.50 bits per heavy atom. The number of phenols is 1. The number of nitrogens with zero attached hydrogens (tertiary/aromatic N) is 1. The number of thiocarbonyl (C=S) groups is 1. The summed E-state index contributed by atoms with van der Waals surface area (Å²) >= 11 is 4.81. The highest BCUT2D eigenvalue weighted by molar-refractivity contribution is 7.80. The van der Waals surface area contributed by atoms with Gasteiger partial charge in [0.25, 0.3) is 5.91 Å². The molecule has 0 aliphatic carbocycles. The number of amides is 1. The maximum absolute atomic E-state index is 12.2. The topological polar surface area (TPSA) is 66.6 Å². The third-order valence-electron chi connectivity index (χ3n) is 2.74. The highest BCUT2D eigenvalue weighted by atomic mass is 32.1. The van der Waals surface area contributed by atoms with Crippen LogP contribution in [0.2, 0.25) is 0 Å². The molecule has 0 heterocycles. The zero-order chi connectivity index (χ0) is 13.7. The third kappa shape index (κ3) is 3.70. The van der Waals surface area contributed by atoms with Crippen LogP contribution in [0.15, 0.2) is 18.2 Å². The number of carbonyl (C=O) groups is 1. The second-order valence-electron chi connectivity index (χ2n) is 4.10. The lowest BCUT2D eigenvalue weighted by atomic mass is 10.1. The van der Waals surface area contributed by atoms with Crippen LogP contribution in [0, 0.1) is 6.92 Å². The molecule has 0 radical (unpaired) electrons.